The number of nitrogens with one attached hydrogen (secondary N) is 1. The molecular formula is C19H20ClN5O3S. The lowest BCUT2D eigenvalue weighted by molar-refractivity contribution is 0.0934. The summed E-state index contributed by atoms with van der Waals surface area (Å²) in [5, 5.41) is 11.2. The predicted octanol–water partition coefficient (Wildman–Crippen LogP) is 2.66. The number of para-hydroxylation sites is 1. The van der Waals surface area contributed by atoms with Gasteiger partial charge in [0.2, 0.25) is 10.0 Å². The average Bonchev–Trinajstić information content (AvgIpc) is 3.18. The fourth-order valence-electron chi connectivity index (χ4n) is 2.62. The summed E-state index contributed by atoms with van der Waals surface area (Å²) < 4.78 is 26.9. The molecular weight excluding hydrogens is 414 g/mol. The largest absolute Gasteiger partial charge is 0.344 e. The molecule has 8 nitrogen and oxygen atoms in total. The molecule has 0 aliphatic heterocycles. The quantitative estimate of drug-likeness (QED) is 0.644. The highest BCUT2D eigenvalue weighted by Crippen LogP contribution is 2.20. The van der Waals surface area contributed by atoms with Gasteiger partial charge in [-0.3, -0.25) is 4.79 Å². The van der Waals surface area contributed by atoms with Crippen LogP contribution in [0.25, 0.3) is 5.69 Å². The van der Waals surface area contributed by atoms with Gasteiger partial charge >= 0.3 is 0 Å². The van der Waals surface area contributed by atoms with Crippen molar-refractivity contribution in [3.63, 3.8) is 0 Å². The Morgan fingerprint density at radius 2 is 1.79 bits per heavy atom. The van der Waals surface area contributed by atoms with Crippen LogP contribution in [0.15, 0.2) is 59.6 Å². The molecule has 29 heavy (non-hydrogen) atoms. The molecule has 0 saturated carbocycles. The summed E-state index contributed by atoms with van der Waals surface area (Å²) in [7, 11) is -0.550. The zero-order chi connectivity index (χ0) is 21.2. The number of sulfonamides is 1. The lowest BCUT2D eigenvalue weighted by atomic mass is 10.1. The van der Waals surface area contributed by atoms with E-state index in [-0.39, 0.29) is 16.6 Å². The second-order valence-corrected chi connectivity index (χ2v) is 9.11. The molecule has 3 aromatic rings. The number of benzene rings is 2. The molecule has 0 fully saturated rings. The summed E-state index contributed by atoms with van der Waals surface area (Å²) in [6.45, 7) is 1.80. The zero-order valence-electron chi connectivity index (χ0n) is 16.1. The van der Waals surface area contributed by atoms with E-state index < -0.39 is 15.9 Å². The summed E-state index contributed by atoms with van der Waals surface area (Å²) in [5.41, 5.74) is 1.52. The van der Waals surface area contributed by atoms with E-state index in [9.17, 15) is 13.2 Å². The summed E-state index contributed by atoms with van der Waals surface area (Å²) in [5.74, 6) is -0.402. The molecule has 2 aromatic carbocycles. The average molecular weight is 434 g/mol. The standard InChI is InChI=1S/C19H20ClN5O3S/c1-13(14-8-10-15(11-9-14)29(27,28)24(2)3)21-19(26)17-12-25(23-22-17)18-7-5-4-6-16(18)20/h4-13H,1-3H3,(H,21,26). The smallest absolute Gasteiger partial charge is 0.273 e. The SMILES string of the molecule is CC(NC(=O)c1cn(-c2ccccc2Cl)nn1)c1ccc(S(=O)(=O)N(C)C)cc1. The minimum atomic E-state index is -3.50. The maximum absolute atomic E-state index is 12.5. The first-order valence-electron chi connectivity index (χ1n) is 8.71. The zero-order valence-corrected chi connectivity index (χ0v) is 17.6. The second kappa shape index (κ2) is 8.32. The van der Waals surface area contributed by atoms with E-state index in [2.05, 4.69) is 15.6 Å². The molecule has 0 aliphatic rings. The highest BCUT2D eigenvalue weighted by molar-refractivity contribution is 7.89. The van der Waals surface area contributed by atoms with Crippen LogP contribution in [-0.2, 0) is 10.0 Å². The van der Waals surface area contributed by atoms with Crippen molar-refractivity contribution >= 4 is 27.5 Å². The summed E-state index contributed by atoms with van der Waals surface area (Å²) in [6.07, 6.45) is 1.50. The third-order valence-corrected chi connectivity index (χ3v) is 6.48. The van der Waals surface area contributed by atoms with Crippen LogP contribution >= 0.6 is 11.6 Å². The Bertz CT molecular complexity index is 1130. The topological polar surface area (TPSA) is 97.2 Å². The van der Waals surface area contributed by atoms with Crippen LogP contribution in [0, 0.1) is 0 Å². The molecule has 1 aromatic heterocycles. The van der Waals surface area contributed by atoms with Crippen LogP contribution in [0.4, 0.5) is 0 Å². The molecule has 1 amide bonds. The van der Waals surface area contributed by atoms with E-state index in [1.54, 1.807) is 37.3 Å². The highest BCUT2D eigenvalue weighted by Gasteiger charge is 2.19. The Morgan fingerprint density at radius 3 is 2.41 bits per heavy atom. The van der Waals surface area contributed by atoms with Gasteiger partial charge in [0.25, 0.3) is 5.91 Å². The van der Waals surface area contributed by atoms with Gasteiger partial charge in [0.05, 0.1) is 27.8 Å². The van der Waals surface area contributed by atoms with Gasteiger partial charge in [-0.05, 0) is 36.8 Å². The number of carbonyl (C=O) groups excluding carboxylic acids is 1. The fraction of sp³-hybridized carbons (Fsp3) is 0.211. The fourth-order valence-corrected chi connectivity index (χ4v) is 3.74. The summed E-state index contributed by atoms with van der Waals surface area (Å²) in [4.78, 5) is 12.7. The molecule has 1 heterocycles. The van der Waals surface area contributed by atoms with Gasteiger partial charge in [0, 0.05) is 14.1 Å². The van der Waals surface area contributed by atoms with Gasteiger partial charge in [-0.2, -0.15) is 0 Å². The lowest BCUT2D eigenvalue weighted by Gasteiger charge is -2.15. The van der Waals surface area contributed by atoms with Crippen molar-refractivity contribution in [1.82, 2.24) is 24.6 Å². The maximum atomic E-state index is 12.5. The number of hydrogen-bond acceptors (Lipinski definition) is 5. The summed E-state index contributed by atoms with van der Waals surface area (Å²) in [6, 6.07) is 13.1. The lowest BCUT2D eigenvalue weighted by Crippen LogP contribution is -2.27. The Morgan fingerprint density at radius 1 is 1.14 bits per heavy atom. The van der Waals surface area contributed by atoms with E-state index in [0.29, 0.717) is 10.7 Å². The van der Waals surface area contributed by atoms with E-state index in [1.165, 1.54) is 37.1 Å². The van der Waals surface area contributed by atoms with Gasteiger partial charge in [0.1, 0.15) is 0 Å². The van der Waals surface area contributed by atoms with Gasteiger partial charge < -0.3 is 5.32 Å². The van der Waals surface area contributed by atoms with Crippen molar-refractivity contribution in [2.75, 3.05) is 14.1 Å². The van der Waals surface area contributed by atoms with Crippen LogP contribution in [0.1, 0.15) is 29.0 Å². The Balaban J connectivity index is 1.72. The molecule has 0 bridgehead atoms. The van der Waals surface area contributed by atoms with Gasteiger partial charge in [-0.15, -0.1) is 5.10 Å². The minimum absolute atomic E-state index is 0.142. The second-order valence-electron chi connectivity index (χ2n) is 6.55. The first kappa shape index (κ1) is 21.0. The number of amides is 1. The number of nitrogens with zero attached hydrogens (tertiary/aromatic N) is 4. The number of halogens is 1. The molecule has 3 rings (SSSR count). The first-order valence-corrected chi connectivity index (χ1v) is 10.5. The highest BCUT2D eigenvalue weighted by atomic mass is 35.5. The molecule has 0 radical (unpaired) electrons. The number of carbonyl (C=O) groups is 1. The van der Waals surface area contributed by atoms with Crippen molar-refractivity contribution in [1.29, 1.82) is 0 Å². The molecule has 152 valence electrons. The van der Waals surface area contributed by atoms with Crippen LogP contribution in [0.3, 0.4) is 0 Å². The molecule has 0 spiro atoms. The molecule has 1 N–H and O–H groups in total. The first-order chi connectivity index (χ1) is 13.7. The van der Waals surface area contributed by atoms with E-state index >= 15 is 0 Å². The van der Waals surface area contributed by atoms with Crippen molar-refractivity contribution in [3.8, 4) is 5.69 Å². The predicted molar refractivity (Wildman–Crippen MR) is 110 cm³/mol. The van der Waals surface area contributed by atoms with Crippen molar-refractivity contribution in [3.05, 3.63) is 71.0 Å². The van der Waals surface area contributed by atoms with Gasteiger partial charge in [-0.1, -0.05) is 41.1 Å². The number of rotatable bonds is 6. The molecule has 10 heteroatoms. The van der Waals surface area contributed by atoms with Crippen molar-refractivity contribution < 1.29 is 13.2 Å². The van der Waals surface area contributed by atoms with Crippen molar-refractivity contribution in [2.45, 2.75) is 17.9 Å². The molecule has 1 atom stereocenters. The third kappa shape index (κ3) is 4.47. The minimum Gasteiger partial charge on any atom is -0.344 e. The van der Waals surface area contributed by atoms with Crippen LogP contribution in [0.5, 0.6) is 0 Å². The van der Waals surface area contributed by atoms with Crippen LogP contribution in [-0.4, -0.2) is 47.7 Å². The molecule has 0 saturated heterocycles. The maximum Gasteiger partial charge on any atom is 0.273 e. The number of hydrogen-bond donors (Lipinski definition) is 1. The third-order valence-electron chi connectivity index (χ3n) is 4.33. The van der Waals surface area contributed by atoms with E-state index in [0.717, 1.165) is 9.87 Å². The van der Waals surface area contributed by atoms with Crippen molar-refractivity contribution in [2.24, 2.45) is 0 Å². The van der Waals surface area contributed by atoms with Gasteiger partial charge in [0.15, 0.2) is 5.69 Å². The monoisotopic (exact) mass is 433 g/mol. The Hall–Kier alpha value is -2.75. The summed E-state index contributed by atoms with van der Waals surface area (Å²) >= 11 is 6.14. The molecule has 1 unspecified atom stereocenters. The normalized spacial score (nSPS) is 12.7. The molecule has 0 aliphatic carbocycles. The Labute approximate surface area is 174 Å². The number of aromatic nitrogens is 3. The van der Waals surface area contributed by atoms with Crippen LogP contribution < -0.4 is 5.32 Å². The van der Waals surface area contributed by atoms with E-state index in [1.807, 2.05) is 6.07 Å². The van der Waals surface area contributed by atoms with Gasteiger partial charge in [-0.25, -0.2) is 17.4 Å². The Kier molecular flexibility index (Phi) is 6.02. The van der Waals surface area contributed by atoms with E-state index in [4.69, 9.17) is 11.6 Å². The van der Waals surface area contributed by atoms with Crippen LogP contribution in [0.2, 0.25) is 5.02 Å².